The summed E-state index contributed by atoms with van der Waals surface area (Å²) in [5, 5.41) is 2.79. The summed E-state index contributed by atoms with van der Waals surface area (Å²) in [7, 11) is 0. The summed E-state index contributed by atoms with van der Waals surface area (Å²) in [5.41, 5.74) is 1.50. The summed E-state index contributed by atoms with van der Waals surface area (Å²) < 4.78 is 0. The van der Waals surface area contributed by atoms with Crippen LogP contribution in [0.3, 0.4) is 0 Å². The Labute approximate surface area is 65.5 Å². The maximum Gasteiger partial charge on any atom is 0.0824 e. The highest BCUT2D eigenvalue weighted by atomic mass is 16.3. The summed E-state index contributed by atoms with van der Waals surface area (Å²) in [6.07, 6.45) is 1.74. The van der Waals surface area contributed by atoms with E-state index in [2.05, 4.69) is 5.18 Å². The molecule has 0 N–H and O–H groups in total. The second-order valence-electron chi connectivity index (χ2n) is 2.29. The highest BCUT2D eigenvalue weighted by Gasteiger charge is 1.86. The van der Waals surface area contributed by atoms with Crippen LogP contribution < -0.4 is 0 Å². The maximum atomic E-state index is 9.99. The summed E-state index contributed by atoms with van der Waals surface area (Å²) in [6.45, 7) is 1.68. The van der Waals surface area contributed by atoms with Crippen LogP contribution in [0, 0.1) is 4.91 Å². The molecule has 0 amide bonds. The molecule has 0 aliphatic heterocycles. The number of hydrogen-bond acceptors (Lipinski definition) is 2. The van der Waals surface area contributed by atoms with Gasteiger partial charge in [0.25, 0.3) is 0 Å². The van der Waals surface area contributed by atoms with Crippen molar-refractivity contribution in [1.82, 2.24) is 0 Å². The van der Waals surface area contributed by atoms with E-state index in [1.807, 2.05) is 30.3 Å². The first-order valence-electron chi connectivity index (χ1n) is 3.39. The third kappa shape index (κ3) is 2.34. The SMILES string of the molecule is C/C(=C/c1ccccc1)N=O. The Hall–Kier alpha value is -1.44. The molecule has 2 nitrogen and oxygen atoms in total. The lowest BCUT2D eigenvalue weighted by Crippen LogP contribution is -1.70. The number of allylic oxidation sites excluding steroid dienone is 1. The quantitative estimate of drug-likeness (QED) is 0.591. The first kappa shape index (κ1) is 7.66. The van der Waals surface area contributed by atoms with Crippen LogP contribution in [-0.4, -0.2) is 0 Å². The lowest BCUT2D eigenvalue weighted by Gasteiger charge is -1.90. The number of nitroso groups, excluding NO2 is 1. The van der Waals surface area contributed by atoms with Crippen molar-refractivity contribution in [3.8, 4) is 0 Å². The Kier molecular flexibility index (Phi) is 2.55. The lowest BCUT2D eigenvalue weighted by molar-refractivity contribution is 1.31. The Morgan fingerprint density at radius 3 is 2.55 bits per heavy atom. The van der Waals surface area contributed by atoms with Crippen LogP contribution >= 0.6 is 0 Å². The molecule has 0 unspecified atom stereocenters. The summed E-state index contributed by atoms with van der Waals surface area (Å²) in [5.74, 6) is 0. The topological polar surface area (TPSA) is 29.4 Å². The van der Waals surface area contributed by atoms with E-state index in [9.17, 15) is 4.91 Å². The molecule has 0 spiro atoms. The monoisotopic (exact) mass is 147 g/mol. The zero-order chi connectivity index (χ0) is 8.10. The van der Waals surface area contributed by atoms with Crippen molar-refractivity contribution in [2.45, 2.75) is 6.92 Å². The van der Waals surface area contributed by atoms with Crippen molar-refractivity contribution in [1.29, 1.82) is 0 Å². The predicted octanol–water partition coefficient (Wildman–Crippen LogP) is 2.81. The van der Waals surface area contributed by atoms with Crippen LogP contribution in [-0.2, 0) is 0 Å². The van der Waals surface area contributed by atoms with Gasteiger partial charge in [0.2, 0.25) is 0 Å². The number of nitrogens with zero attached hydrogens (tertiary/aromatic N) is 1. The van der Waals surface area contributed by atoms with Crippen molar-refractivity contribution >= 4 is 6.08 Å². The molecule has 0 aliphatic rings. The minimum absolute atomic E-state index is 0.496. The van der Waals surface area contributed by atoms with Crippen LogP contribution in [0.25, 0.3) is 6.08 Å². The minimum Gasteiger partial charge on any atom is -0.145 e. The highest BCUT2D eigenvalue weighted by molar-refractivity contribution is 5.51. The standard InChI is InChI=1S/C9H9NO/c1-8(10-11)7-9-5-3-2-4-6-9/h2-7H,1H3/b8-7-. The van der Waals surface area contributed by atoms with Gasteiger partial charge in [-0.15, -0.1) is 4.91 Å². The summed E-state index contributed by atoms with van der Waals surface area (Å²) in [4.78, 5) is 9.99. The molecule has 0 saturated heterocycles. The molecule has 0 atom stereocenters. The second-order valence-corrected chi connectivity index (χ2v) is 2.29. The summed E-state index contributed by atoms with van der Waals surface area (Å²) in [6, 6.07) is 9.62. The predicted molar refractivity (Wildman–Crippen MR) is 45.9 cm³/mol. The van der Waals surface area contributed by atoms with Crippen LogP contribution in [0.2, 0.25) is 0 Å². The van der Waals surface area contributed by atoms with Gasteiger partial charge in [-0.3, -0.25) is 0 Å². The van der Waals surface area contributed by atoms with E-state index in [1.54, 1.807) is 13.0 Å². The van der Waals surface area contributed by atoms with Gasteiger partial charge in [-0.2, -0.15) is 0 Å². The fourth-order valence-corrected chi connectivity index (χ4v) is 0.817. The van der Waals surface area contributed by atoms with Crippen molar-refractivity contribution in [2.24, 2.45) is 5.18 Å². The molecule has 1 aromatic rings. The fourth-order valence-electron chi connectivity index (χ4n) is 0.817. The molecule has 0 aromatic heterocycles. The Balaban J connectivity index is 2.87. The van der Waals surface area contributed by atoms with E-state index in [4.69, 9.17) is 0 Å². The zero-order valence-electron chi connectivity index (χ0n) is 6.32. The van der Waals surface area contributed by atoms with Crippen LogP contribution in [0.15, 0.2) is 41.2 Å². The average Bonchev–Trinajstić information content (AvgIpc) is 2.06. The molecule has 0 radical (unpaired) electrons. The van der Waals surface area contributed by atoms with E-state index in [0.717, 1.165) is 5.56 Å². The smallest absolute Gasteiger partial charge is 0.0824 e. The zero-order valence-corrected chi connectivity index (χ0v) is 6.32. The van der Waals surface area contributed by atoms with Gasteiger partial charge in [-0.1, -0.05) is 30.3 Å². The Morgan fingerprint density at radius 2 is 2.00 bits per heavy atom. The molecule has 56 valence electrons. The average molecular weight is 147 g/mol. The molecule has 0 aliphatic carbocycles. The van der Waals surface area contributed by atoms with Crippen LogP contribution in [0.4, 0.5) is 0 Å². The first-order valence-corrected chi connectivity index (χ1v) is 3.39. The van der Waals surface area contributed by atoms with Gasteiger partial charge in [0, 0.05) is 0 Å². The van der Waals surface area contributed by atoms with Crippen LogP contribution in [0.5, 0.6) is 0 Å². The molecule has 0 saturated carbocycles. The molecular weight excluding hydrogens is 138 g/mol. The van der Waals surface area contributed by atoms with Crippen molar-refractivity contribution in [2.75, 3.05) is 0 Å². The molecule has 0 heterocycles. The molecule has 2 heteroatoms. The largest absolute Gasteiger partial charge is 0.145 e. The van der Waals surface area contributed by atoms with Gasteiger partial charge < -0.3 is 0 Å². The van der Waals surface area contributed by atoms with Gasteiger partial charge in [0.05, 0.1) is 5.70 Å². The molecular formula is C9H9NO. The van der Waals surface area contributed by atoms with Crippen molar-refractivity contribution < 1.29 is 0 Å². The molecule has 0 fully saturated rings. The molecule has 1 rings (SSSR count). The van der Waals surface area contributed by atoms with E-state index in [1.165, 1.54) is 0 Å². The van der Waals surface area contributed by atoms with Crippen LogP contribution in [0.1, 0.15) is 12.5 Å². The van der Waals surface area contributed by atoms with E-state index >= 15 is 0 Å². The van der Waals surface area contributed by atoms with Gasteiger partial charge in [-0.05, 0) is 23.7 Å². The number of benzene rings is 1. The first-order chi connectivity index (χ1) is 5.33. The van der Waals surface area contributed by atoms with Gasteiger partial charge in [-0.25, -0.2) is 0 Å². The normalized spacial score (nSPS) is 11.2. The molecule has 0 bridgehead atoms. The van der Waals surface area contributed by atoms with E-state index in [-0.39, 0.29) is 0 Å². The Bertz CT molecular complexity index is 264. The van der Waals surface area contributed by atoms with Crippen molar-refractivity contribution in [3.05, 3.63) is 46.5 Å². The third-order valence-corrected chi connectivity index (χ3v) is 1.32. The lowest BCUT2D eigenvalue weighted by atomic mass is 10.2. The minimum atomic E-state index is 0.496. The second kappa shape index (κ2) is 3.66. The highest BCUT2D eigenvalue weighted by Crippen LogP contribution is 2.05. The maximum absolute atomic E-state index is 9.99. The molecule has 11 heavy (non-hydrogen) atoms. The van der Waals surface area contributed by atoms with E-state index < -0.39 is 0 Å². The third-order valence-electron chi connectivity index (χ3n) is 1.32. The van der Waals surface area contributed by atoms with Gasteiger partial charge in [0.15, 0.2) is 0 Å². The fraction of sp³-hybridized carbons (Fsp3) is 0.111. The number of hydrogen-bond donors (Lipinski definition) is 0. The van der Waals surface area contributed by atoms with Gasteiger partial charge in [0.1, 0.15) is 0 Å². The van der Waals surface area contributed by atoms with E-state index in [0.29, 0.717) is 5.70 Å². The number of rotatable bonds is 2. The Morgan fingerprint density at radius 1 is 1.36 bits per heavy atom. The molecule has 1 aromatic carbocycles. The summed E-state index contributed by atoms with van der Waals surface area (Å²) >= 11 is 0. The van der Waals surface area contributed by atoms with Gasteiger partial charge >= 0.3 is 0 Å². The van der Waals surface area contributed by atoms with Crippen molar-refractivity contribution in [3.63, 3.8) is 0 Å².